The van der Waals surface area contributed by atoms with E-state index in [2.05, 4.69) is 9.97 Å². The van der Waals surface area contributed by atoms with Gasteiger partial charge in [-0.25, -0.2) is 4.98 Å². The van der Waals surface area contributed by atoms with Gasteiger partial charge in [-0.2, -0.15) is 0 Å². The fourth-order valence-corrected chi connectivity index (χ4v) is 2.28. The summed E-state index contributed by atoms with van der Waals surface area (Å²) in [5.74, 6) is -0.429. The van der Waals surface area contributed by atoms with Gasteiger partial charge in [-0.15, -0.1) is 0 Å². The van der Waals surface area contributed by atoms with Crippen LogP contribution in [0.25, 0.3) is 11.0 Å². The molecule has 0 spiro atoms. The van der Waals surface area contributed by atoms with Gasteiger partial charge in [-0.1, -0.05) is 36.4 Å². The van der Waals surface area contributed by atoms with Crippen molar-refractivity contribution in [2.24, 2.45) is 0 Å². The number of hydrogen-bond donors (Lipinski definition) is 3. The molecule has 0 saturated carbocycles. The molecule has 1 atom stereocenters. The van der Waals surface area contributed by atoms with Crippen LogP contribution in [-0.4, -0.2) is 26.2 Å². The van der Waals surface area contributed by atoms with Crippen molar-refractivity contribution < 1.29 is 15.0 Å². The summed E-state index contributed by atoms with van der Waals surface area (Å²) in [7, 11) is 0. The molecule has 0 bridgehead atoms. The Morgan fingerprint density at radius 1 is 1.19 bits per heavy atom. The monoisotopic (exact) mass is 282 g/mol. The van der Waals surface area contributed by atoms with E-state index >= 15 is 0 Å². The summed E-state index contributed by atoms with van der Waals surface area (Å²) in [6, 6.07) is 14.5. The number of aliphatic hydroxyl groups is 1. The largest absolute Gasteiger partial charge is 0.481 e. The van der Waals surface area contributed by atoms with Crippen LogP contribution in [0.5, 0.6) is 0 Å². The smallest absolute Gasteiger partial charge is 0.307 e. The molecule has 5 heteroatoms. The van der Waals surface area contributed by atoms with Gasteiger partial charge in [-0.3, -0.25) is 4.79 Å². The molecule has 1 aromatic heterocycles. The summed E-state index contributed by atoms with van der Waals surface area (Å²) in [4.78, 5) is 18.1. The lowest BCUT2D eigenvalue weighted by molar-refractivity contribution is -0.136. The van der Waals surface area contributed by atoms with Crippen molar-refractivity contribution in [1.29, 1.82) is 0 Å². The Bertz CT molecular complexity index is 781. The number of carbonyl (C=O) groups is 1. The molecule has 0 aliphatic rings. The van der Waals surface area contributed by atoms with Gasteiger partial charge in [0.1, 0.15) is 11.9 Å². The topological polar surface area (TPSA) is 86.2 Å². The van der Waals surface area contributed by atoms with Crippen LogP contribution in [0.1, 0.15) is 23.1 Å². The SMILES string of the molecule is O=C(O)Cc1ccc2nc([C@@H](O)c3ccccc3)[nH]c2c1. The van der Waals surface area contributed by atoms with Gasteiger partial charge >= 0.3 is 5.97 Å². The number of hydrogen-bond acceptors (Lipinski definition) is 3. The van der Waals surface area contributed by atoms with Crippen LogP contribution < -0.4 is 0 Å². The van der Waals surface area contributed by atoms with Crippen molar-refractivity contribution in [3.8, 4) is 0 Å². The third-order valence-corrected chi connectivity index (χ3v) is 3.29. The molecule has 106 valence electrons. The average molecular weight is 282 g/mol. The maximum Gasteiger partial charge on any atom is 0.307 e. The van der Waals surface area contributed by atoms with Crippen LogP contribution in [0.2, 0.25) is 0 Å². The molecule has 3 rings (SSSR count). The number of benzene rings is 2. The Balaban J connectivity index is 1.95. The van der Waals surface area contributed by atoms with E-state index in [0.717, 1.165) is 11.1 Å². The third-order valence-electron chi connectivity index (χ3n) is 3.29. The number of H-pyrrole nitrogens is 1. The molecule has 3 aromatic rings. The molecule has 0 saturated heterocycles. The number of carboxylic acid groups (broad SMARTS) is 1. The van der Waals surface area contributed by atoms with Gasteiger partial charge in [0.2, 0.25) is 0 Å². The second-order valence-electron chi connectivity index (χ2n) is 4.86. The van der Waals surface area contributed by atoms with E-state index in [1.54, 1.807) is 18.2 Å². The summed E-state index contributed by atoms with van der Waals surface area (Å²) in [6.07, 6.45) is -0.868. The van der Waals surface area contributed by atoms with Crippen LogP contribution in [0.15, 0.2) is 48.5 Å². The summed E-state index contributed by atoms with van der Waals surface area (Å²) in [5, 5.41) is 19.1. The zero-order valence-corrected chi connectivity index (χ0v) is 11.2. The van der Waals surface area contributed by atoms with Gasteiger partial charge < -0.3 is 15.2 Å². The quantitative estimate of drug-likeness (QED) is 0.685. The molecule has 3 N–H and O–H groups in total. The van der Waals surface area contributed by atoms with Crippen LogP contribution in [0, 0.1) is 0 Å². The van der Waals surface area contributed by atoms with E-state index in [9.17, 15) is 9.90 Å². The maximum atomic E-state index is 10.7. The second-order valence-corrected chi connectivity index (χ2v) is 4.86. The van der Waals surface area contributed by atoms with Crippen molar-refractivity contribution in [2.45, 2.75) is 12.5 Å². The minimum Gasteiger partial charge on any atom is -0.481 e. The summed E-state index contributed by atoms with van der Waals surface area (Å²) in [6.45, 7) is 0. The normalized spacial score (nSPS) is 12.4. The fraction of sp³-hybridized carbons (Fsp3) is 0.125. The minimum atomic E-state index is -0.876. The second kappa shape index (κ2) is 5.38. The average Bonchev–Trinajstić information content (AvgIpc) is 2.90. The van der Waals surface area contributed by atoms with E-state index in [-0.39, 0.29) is 6.42 Å². The third kappa shape index (κ3) is 2.78. The summed E-state index contributed by atoms with van der Waals surface area (Å²) >= 11 is 0. The molecule has 0 fully saturated rings. The summed E-state index contributed by atoms with van der Waals surface area (Å²) < 4.78 is 0. The van der Waals surface area contributed by atoms with Gasteiger partial charge in [0.05, 0.1) is 17.5 Å². The number of fused-ring (bicyclic) bond motifs is 1. The molecule has 21 heavy (non-hydrogen) atoms. The zero-order chi connectivity index (χ0) is 14.8. The highest BCUT2D eigenvalue weighted by atomic mass is 16.4. The van der Waals surface area contributed by atoms with Crippen molar-refractivity contribution in [3.63, 3.8) is 0 Å². The first-order valence-corrected chi connectivity index (χ1v) is 6.57. The van der Waals surface area contributed by atoms with Gasteiger partial charge in [0.25, 0.3) is 0 Å². The zero-order valence-electron chi connectivity index (χ0n) is 11.2. The van der Waals surface area contributed by atoms with Crippen molar-refractivity contribution >= 4 is 17.0 Å². The number of aliphatic carboxylic acids is 1. The van der Waals surface area contributed by atoms with Crippen LogP contribution in [-0.2, 0) is 11.2 Å². The molecule has 0 aliphatic heterocycles. The van der Waals surface area contributed by atoms with Crippen molar-refractivity contribution in [3.05, 3.63) is 65.5 Å². The predicted octanol–water partition coefficient (Wildman–Crippen LogP) is 2.27. The lowest BCUT2D eigenvalue weighted by Gasteiger charge is -2.06. The highest BCUT2D eigenvalue weighted by Gasteiger charge is 2.15. The van der Waals surface area contributed by atoms with Crippen LogP contribution in [0.3, 0.4) is 0 Å². The molecule has 1 heterocycles. The number of carboxylic acids is 1. The first-order valence-electron chi connectivity index (χ1n) is 6.57. The Morgan fingerprint density at radius 2 is 1.95 bits per heavy atom. The number of rotatable bonds is 4. The molecule has 5 nitrogen and oxygen atoms in total. The number of imidazole rings is 1. The van der Waals surface area contributed by atoms with Crippen molar-refractivity contribution in [1.82, 2.24) is 9.97 Å². The minimum absolute atomic E-state index is 0.0362. The van der Waals surface area contributed by atoms with Gasteiger partial charge in [0, 0.05) is 0 Å². The standard InChI is InChI=1S/C16H14N2O3/c19-14(20)9-10-6-7-12-13(8-10)18-16(17-12)15(21)11-4-2-1-3-5-11/h1-8,15,21H,9H2,(H,17,18)(H,19,20)/t15-/m0/s1. The molecule has 0 radical (unpaired) electrons. The van der Waals surface area contributed by atoms with E-state index in [1.807, 2.05) is 30.3 Å². The Morgan fingerprint density at radius 3 is 2.67 bits per heavy atom. The first kappa shape index (κ1) is 13.3. The first-order chi connectivity index (χ1) is 10.1. The van der Waals surface area contributed by atoms with Crippen LogP contribution >= 0.6 is 0 Å². The van der Waals surface area contributed by atoms with Gasteiger partial charge in [0.15, 0.2) is 0 Å². The molecule has 0 unspecified atom stereocenters. The predicted molar refractivity (Wildman–Crippen MR) is 77.9 cm³/mol. The number of aliphatic hydroxyl groups excluding tert-OH is 1. The molecule has 0 aliphatic carbocycles. The highest BCUT2D eigenvalue weighted by Crippen LogP contribution is 2.22. The maximum absolute atomic E-state index is 10.7. The lowest BCUT2D eigenvalue weighted by atomic mass is 10.1. The Hall–Kier alpha value is -2.66. The van der Waals surface area contributed by atoms with E-state index in [4.69, 9.17) is 5.11 Å². The number of nitrogens with zero attached hydrogens (tertiary/aromatic N) is 1. The Kier molecular flexibility index (Phi) is 3.41. The fourth-order valence-electron chi connectivity index (χ4n) is 2.28. The highest BCUT2D eigenvalue weighted by molar-refractivity contribution is 5.78. The number of nitrogens with one attached hydrogen (secondary N) is 1. The molecule has 2 aromatic carbocycles. The molecule has 0 amide bonds. The molecular formula is C16H14N2O3. The van der Waals surface area contributed by atoms with E-state index in [0.29, 0.717) is 16.9 Å². The summed E-state index contributed by atoms with van der Waals surface area (Å²) in [5.41, 5.74) is 2.87. The van der Waals surface area contributed by atoms with E-state index in [1.165, 1.54) is 0 Å². The Labute approximate surface area is 120 Å². The van der Waals surface area contributed by atoms with Crippen molar-refractivity contribution in [2.75, 3.05) is 0 Å². The lowest BCUT2D eigenvalue weighted by Crippen LogP contribution is -2.01. The molecular weight excluding hydrogens is 268 g/mol. The number of aromatic nitrogens is 2. The number of aromatic amines is 1. The van der Waals surface area contributed by atoms with Crippen LogP contribution in [0.4, 0.5) is 0 Å². The van der Waals surface area contributed by atoms with E-state index < -0.39 is 12.1 Å². The van der Waals surface area contributed by atoms with Gasteiger partial charge in [-0.05, 0) is 23.3 Å².